The standard InChI is InChI=1S/C28H32N4O4S.C24H28N4O4.C23H29N5O4S.C23H27N5O4.3CH4/c1-22-8-7-11-23(28(22)34)18-29-30-27(33)20-32-16-14-31(15-17-32)19-24-9-5-6-10-25(24)21-37(35,36)26-12-3-2-4-13-26;1-2-5-20-7-4-8-21(24(20)31)15-25-26-23(30)17-28-12-10-27(11-13-28)16-19-6-3-9-22(14-19)32-18-29;1-2-4-19-5-3-6-20(23(19)30)15-25-26-22(29)17-28-13-11-27(12-14-28)16-18-7-9-21(10-8-18)33(24,31)32;1-2-5-19-7-4-8-20(23(19)30)15-24-25-22(29)17-27-12-10-26(11-13-27)16-18-6-3-9-21(14-18)28(31)32;;;/h2-13,18,34H,14-17,19-21H2,1H3,(H,30,33);2-4,6-9,14-15,18,31H,1,5,10-13,16-17H2,(H,26,30);2-3,5-10,15,30H,1,4,11-14,16-17H2,(H,26,29)(H2,24,31,32);2-4,6-9,14-15,30H,1,5,10-13,16-17H2,(H,25,29);3*1H4/b29-18+;2*25-15+;24-15+;;;. The second-order valence-electron chi connectivity index (χ2n) is 32.3. The number of non-ortho nitro benzene ring substituents is 1. The number of phenols is 4. The highest BCUT2D eigenvalue weighted by Gasteiger charge is 2.26. The molecule has 0 unspecified atom stereocenters. The smallest absolute Gasteiger partial charge is 0.298 e. The number of aryl methyl sites for hydroxylation is 1. The van der Waals surface area contributed by atoms with Crippen molar-refractivity contribution >= 4 is 80.5 Å². The number of amides is 4. The minimum Gasteiger partial charge on any atom is -0.507 e. The first-order chi connectivity index (χ1) is 64.6. The van der Waals surface area contributed by atoms with Crippen molar-refractivity contribution in [1.29, 1.82) is 0 Å². The molecule has 36 heteroatoms. The Morgan fingerprint density at radius 2 is 0.730 bits per heavy atom. The van der Waals surface area contributed by atoms with Gasteiger partial charge in [-0.25, -0.2) is 43.7 Å². The average Bonchev–Trinajstić information content (AvgIpc) is 0.816. The molecule has 10 N–H and O–H groups in total. The fraction of sp³-hybridized carbons (Fsp3) is 0.317. The number of hydrogen-bond donors (Lipinski definition) is 9. The van der Waals surface area contributed by atoms with Crippen LogP contribution in [0.4, 0.5) is 5.69 Å². The molecule has 9 aromatic rings. The number of primary sulfonamides is 1. The number of sulfone groups is 1. The Kier molecular flexibility index (Phi) is 45.6. The number of ether oxygens (including phenoxy) is 1. The molecule has 0 bridgehead atoms. The van der Waals surface area contributed by atoms with Gasteiger partial charge in [-0.05, 0) is 137 Å². The van der Waals surface area contributed by atoms with Crippen LogP contribution in [0, 0.1) is 17.0 Å². The average molecular weight is 1910 g/mol. The third-order valence-corrected chi connectivity index (χ3v) is 25.0. The van der Waals surface area contributed by atoms with Crippen LogP contribution in [0.15, 0.2) is 268 Å². The highest BCUT2D eigenvalue weighted by Crippen LogP contribution is 2.28. The maximum absolute atomic E-state index is 12.9. The summed E-state index contributed by atoms with van der Waals surface area (Å²) in [5.41, 5.74) is 20.1. The van der Waals surface area contributed by atoms with Gasteiger partial charge in [-0.3, -0.25) is 73.3 Å². The molecule has 4 aliphatic rings. The largest absolute Gasteiger partial charge is 0.507 e. The van der Waals surface area contributed by atoms with E-state index in [1.165, 1.54) is 43.1 Å². The van der Waals surface area contributed by atoms with Gasteiger partial charge in [0.2, 0.25) is 10.0 Å². The quantitative estimate of drug-likeness (QED) is 0.00574. The summed E-state index contributed by atoms with van der Waals surface area (Å²) in [6, 6.07) is 58.3. The number of nitrogens with zero attached hydrogens (tertiary/aromatic N) is 13. The van der Waals surface area contributed by atoms with E-state index in [0.29, 0.717) is 78.3 Å². The van der Waals surface area contributed by atoms with Gasteiger partial charge in [-0.15, -0.1) is 19.7 Å². The van der Waals surface area contributed by atoms with E-state index in [0.717, 1.165) is 161 Å². The Labute approximate surface area is 803 Å². The van der Waals surface area contributed by atoms with E-state index in [4.69, 9.17) is 9.88 Å². The van der Waals surface area contributed by atoms with E-state index in [2.05, 4.69) is 91.2 Å². The van der Waals surface area contributed by atoms with E-state index in [-0.39, 0.29) is 116 Å². The van der Waals surface area contributed by atoms with Crippen molar-refractivity contribution < 1.29 is 70.9 Å². The summed E-state index contributed by atoms with van der Waals surface area (Å²) in [4.78, 5) is 87.7. The molecule has 4 saturated heterocycles. The Bertz CT molecular complexity index is 5840. The first-order valence-corrected chi connectivity index (χ1v) is 46.8. The van der Waals surface area contributed by atoms with E-state index in [1.54, 1.807) is 116 Å². The summed E-state index contributed by atoms with van der Waals surface area (Å²) >= 11 is 0. The number of nitrogens with two attached hydrogens (primary N) is 1. The Balaban J connectivity index is 0.000000247. The van der Waals surface area contributed by atoms with Crippen LogP contribution in [-0.2, 0) is 95.0 Å². The molecule has 4 amide bonds. The lowest BCUT2D eigenvalue weighted by Crippen LogP contribution is -2.48. The molecule has 13 rings (SSSR count). The molecule has 0 aromatic heterocycles. The highest BCUT2D eigenvalue weighted by molar-refractivity contribution is 7.90. The number of aromatic hydroxyl groups is 4. The minimum atomic E-state index is -3.68. The molecule has 4 fully saturated rings. The number of sulfonamides is 1. The van der Waals surface area contributed by atoms with Crippen LogP contribution in [0.3, 0.4) is 0 Å². The summed E-state index contributed by atoms with van der Waals surface area (Å²) in [7, 11) is -7.11. The maximum atomic E-state index is 12.9. The third kappa shape index (κ3) is 36.5. The van der Waals surface area contributed by atoms with Crippen molar-refractivity contribution in [3.05, 3.63) is 321 Å². The van der Waals surface area contributed by atoms with Crippen molar-refractivity contribution in [3.63, 3.8) is 0 Å². The Hall–Kier alpha value is -13.6. The lowest BCUT2D eigenvalue weighted by molar-refractivity contribution is -0.384. The number of nitro groups is 1. The van der Waals surface area contributed by atoms with Crippen LogP contribution in [0.2, 0.25) is 0 Å². The van der Waals surface area contributed by atoms with Crippen molar-refractivity contribution in [1.82, 2.24) is 60.9 Å². The van der Waals surface area contributed by atoms with Gasteiger partial charge in [0, 0.05) is 165 Å². The lowest BCUT2D eigenvalue weighted by Gasteiger charge is -2.34. The number of hydrogen-bond acceptors (Lipinski definition) is 28. The second kappa shape index (κ2) is 56.7. The number of nitrogens with one attached hydrogen (secondary N) is 4. The third-order valence-electron chi connectivity index (χ3n) is 22.3. The van der Waals surface area contributed by atoms with Crippen molar-refractivity contribution in [2.24, 2.45) is 25.5 Å². The van der Waals surface area contributed by atoms with Gasteiger partial charge >= 0.3 is 0 Å². The highest BCUT2D eigenvalue weighted by atomic mass is 32.2. The van der Waals surface area contributed by atoms with Gasteiger partial charge in [-0.2, -0.15) is 20.4 Å². The first kappa shape index (κ1) is 110. The topological polar surface area (TPSA) is 436 Å². The van der Waals surface area contributed by atoms with E-state index in [1.807, 2.05) is 101 Å². The Morgan fingerprint density at radius 1 is 0.401 bits per heavy atom. The number of rotatable bonds is 37. The predicted molar refractivity (Wildman–Crippen MR) is 537 cm³/mol. The van der Waals surface area contributed by atoms with E-state index in [9.17, 15) is 71.3 Å². The van der Waals surface area contributed by atoms with E-state index >= 15 is 0 Å². The van der Waals surface area contributed by atoms with Gasteiger partial charge in [0.25, 0.3) is 35.8 Å². The van der Waals surface area contributed by atoms with Crippen molar-refractivity contribution in [3.8, 4) is 28.7 Å². The summed E-state index contributed by atoms with van der Waals surface area (Å²) in [5.74, 6) is 0.193. The number of allylic oxidation sites excluding steroid dienone is 3. The van der Waals surface area contributed by atoms with Gasteiger partial charge in [0.05, 0.1) is 71.5 Å². The molecule has 0 spiro atoms. The minimum absolute atomic E-state index is 0. The Morgan fingerprint density at radius 3 is 1.11 bits per heavy atom. The molecule has 0 aliphatic carbocycles. The number of benzene rings is 9. The number of nitro benzene ring substituents is 1. The summed E-state index contributed by atoms with van der Waals surface area (Å²) in [5, 5.41) is 72.6. The summed E-state index contributed by atoms with van der Waals surface area (Å²) in [6.45, 7) is 29.2. The van der Waals surface area contributed by atoms with Crippen molar-refractivity contribution in [2.75, 3.05) is 131 Å². The van der Waals surface area contributed by atoms with Gasteiger partial charge in [0.1, 0.15) is 28.7 Å². The number of carbonyl (C=O) groups excluding carboxylic acids is 5. The normalized spacial score (nSPS) is 14.8. The van der Waals surface area contributed by atoms with Crippen LogP contribution in [0.5, 0.6) is 28.7 Å². The molecule has 730 valence electrons. The molecule has 0 radical (unpaired) electrons. The van der Waals surface area contributed by atoms with Crippen LogP contribution in [0.1, 0.15) is 94.6 Å². The molecule has 4 heterocycles. The number of piperazine rings is 4. The van der Waals surface area contributed by atoms with Gasteiger partial charge in [0.15, 0.2) is 9.84 Å². The SMILES string of the molecule is C.C.C.C=CCc1cccc(/C=N/NC(=O)CN2CCN(Cc3ccc(S(N)(=O)=O)cc3)CC2)c1O.C=CCc1cccc(/C=N/NC(=O)CN2CCN(Cc3cccc(OC=O)c3)CC2)c1O.C=CCc1cccc(/C=N/NC(=O)CN2CCN(Cc3cccc([N+](=O)[O-])c3)CC2)c1O.Cc1cccc(/C=N/NC(=O)CN2CCN(Cc3ccccc3CS(=O)(=O)c3ccccc3)CC2)c1O. The second-order valence-corrected chi connectivity index (χ2v) is 35.8. The summed E-state index contributed by atoms with van der Waals surface area (Å²) < 4.78 is 53.4. The first-order valence-electron chi connectivity index (χ1n) is 43.6. The zero-order valence-corrected chi connectivity index (χ0v) is 76.6. The van der Waals surface area contributed by atoms with Crippen LogP contribution >= 0.6 is 0 Å². The zero-order valence-electron chi connectivity index (χ0n) is 75.0. The van der Waals surface area contributed by atoms with E-state index < -0.39 is 19.9 Å². The molecule has 34 nitrogen and oxygen atoms in total. The van der Waals surface area contributed by atoms with Gasteiger partial charge < -0.3 is 25.2 Å². The lowest BCUT2D eigenvalue weighted by atomic mass is 10.1. The molecule has 0 atom stereocenters. The predicted octanol–water partition coefficient (Wildman–Crippen LogP) is 10.1. The molecule has 0 saturated carbocycles. The summed E-state index contributed by atoms with van der Waals surface area (Å²) in [6.07, 6.45) is 12.5. The monoisotopic (exact) mass is 1910 g/mol. The maximum Gasteiger partial charge on any atom is 0.298 e. The van der Waals surface area contributed by atoms with Crippen LogP contribution in [-0.4, -0.2) is 267 Å². The molecule has 137 heavy (non-hydrogen) atoms. The van der Waals surface area contributed by atoms with Crippen molar-refractivity contribution in [2.45, 2.75) is 90.2 Å². The van der Waals surface area contributed by atoms with Gasteiger partial charge in [-0.1, -0.05) is 168 Å². The number of phenolic OH excluding ortho intramolecular Hbond substituents is 4. The molecule has 4 aliphatic heterocycles. The van der Waals surface area contributed by atoms with Crippen LogP contribution in [0.25, 0.3) is 0 Å². The number of carbonyl (C=O) groups is 5. The molecular formula is C101H128N18O16S2. The zero-order chi connectivity index (χ0) is 95.8. The fourth-order valence-corrected chi connectivity index (χ4v) is 17.0. The molecule has 9 aromatic carbocycles. The number of hydrazone groups is 4. The molecular weight excluding hydrogens is 1790 g/mol. The fourth-order valence-electron chi connectivity index (χ4n) is 15.1. The number of para-hydroxylation sites is 4. The van der Waals surface area contributed by atoms with Crippen LogP contribution < -0.4 is 31.6 Å².